The summed E-state index contributed by atoms with van der Waals surface area (Å²) in [7, 11) is 0. The van der Waals surface area contributed by atoms with Crippen molar-refractivity contribution in [2.45, 2.75) is 13.8 Å². The first-order valence-corrected chi connectivity index (χ1v) is 5.41. The number of rotatable bonds is 3. The van der Waals surface area contributed by atoms with Crippen LogP contribution in [0.3, 0.4) is 0 Å². The lowest BCUT2D eigenvalue weighted by Crippen LogP contribution is -2.44. The van der Waals surface area contributed by atoms with Gasteiger partial charge in [0.15, 0.2) is 0 Å². The molecule has 1 aliphatic rings. The molecule has 1 heterocycles. The van der Waals surface area contributed by atoms with E-state index < -0.39 is 0 Å². The smallest absolute Gasteiger partial charge is 0.338 e. The normalized spacial score (nSPS) is 17.6. The van der Waals surface area contributed by atoms with Crippen molar-refractivity contribution in [3.8, 4) is 0 Å². The topological polar surface area (TPSA) is 35.5 Å². The minimum atomic E-state index is -0.253. The maximum atomic E-state index is 11.7. The van der Waals surface area contributed by atoms with Crippen LogP contribution in [0.25, 0.3) is 0 Å². The summed E-state index contributed by atoms with van der Waals surface area (Å²) >= 11 is 0. The van der Waals surface area contributed by atoms with Gasteiger partial charge in [-0.2, -0.15) is 0 Å². The molecule has 0 aliphatic carbocycles. The predicted molar refractivity (Wildman–Crippen MR) is 60.4 cm³/mol. The van der Waals surface area contributed by atoms with Crippen molar-refractivity contribution in [1.82, 2.24) is 0 Å². The Labute approximate surface area is 95.4 Å². The zero-order valence-electron chi connectivity index (χ0n) is 9.66. The molecular weight excluding hydrogens is 204 g/mol. The van der Waals surface area contributed by atoms with Gasteiger partial charge >= 0.3 is 5.97 Å². The van der Waals surface area contributed by atoms with Crippen molar-refractivity contribution in [3.05, 3.63) is 35.4 Å². The van der Waals surface area contributed by atoms with Crippen molar-refractivity contribution in [3.63, 3.8) is 0 Å². The minimum absolute atomic E-state index is 0.0134. The summed E-state index contributed by atoms with van der Waals surface area (Å²) in [4.78, 5) is 11.7. The minimum Gasteiger partial charge on any atom is -0.461 e. The number of carbonyl (C=O) groups is 1. The molecule has 0 amide bonds. The second-order valence-electron chi connectivity index (χ2n) is 4.75. The predicted octanol–water partition coefficient (Wildman–Crippen LogP) is 2.19. The fourth-order valence-electron chi connectivity index (χ4n) is 1.63. The molecule has 0 radical (unpaired) electrons. The summed E-state index contributed by atoms with van der Waals surface area (Å²) in [5.41, 5.74) is 1.69. The molecule has 0 bridgehead atoms. The average Bonchev–Trinajstić information content (AvgIpc) is 2.23. The highest BCUT2D eigenvalue weighted by molar-refractivity contribution is 5.89. The number of ether oxygens (including phenoxy) is 2. The molecule has 2 rings (SSSR count). The zero-order valence-corrected chi connectivity index (χ0v) is 9.66. The summed E-state index contributed by atoms with van der Waals surface area (Å²) in [6.07, 6.45) is 0. The fraction of sp³-hybridized carbons (Fsp3) is 0.462. The average molecular weight is 220 g/mol. The molecule has 0 unspecified atom stereocenters. The van der Waals surface area contributed by atoms with Crippen LogP contribution in [-0.4, -0.2) is 25.8 Å². The van der Waals surface area contributed by atoms with Crippen LogP contribution < -0.4 is 0 Å². The molecule has 3 heteroatoms. The second kappa shape index (κ2) is 4.26. The van der Waals surface area contributed by atoms with Crippen LogP contribution >= 0.6 is 0 Å². The number of carbonyl (C=O) groups excluding carboxylic acids is 1. The van der Waals surface area contributed by atoms with Crippen molar-refractivity contribution in [2.75, 3.05) is 19.8 Å². The van der Waals surface area contributed by atoms with Crippen molar-refractivity contribution in [2.24, 2.45) is 5.41 Å². The van der Waals surface area contributed by atoms with Crippen LogP contribution in [-0.2, 0) is 9.47 Å². The Hall–Kier alpha value is -1.35. The third-order valence-electron chi connectivity index (χ3n) is 2.71. The Bertz CT molecular complexity index is 394. The largest absolute Gasteiger partial charge is 0.461 e. The molecule has 1 saturated heterocycles. The molecule has 1 aliphatic heterocycles. The van der Waals surface area contributed by atoms with Gasteiger partial charge in [-0.1, -0.05) is 24.6 Å². The monoisotopic (exact) mass is 220 g/mol. The fourth-order valence-corrected chi connectivity index (χ4v) is 1.63. The number of benzene rings is 1. The molecule has 16 heavy (non-hydrogen) atoms. The highest BCUT2D eigenvalue weighted by Crippen LogP contribution is 2.26. The second-order valence-corrected chi connectivity index (χ2v) is 4.75. The maximum Gasteiger partial charge on any atom is 0.338 e. The Kier molecular flexibility index (Phi) is 2.97. The number of hydrogen-bond acceptors (Lipinski definition) is 3. The van der Waals surface area contributed by atoms with Crippen molar-refractivity contribution < 1.29 is 14.3 Å². The van der Waals surface area contributed by atoms with Gasteiger partial charge in [0.2, 0.25) is 0 Å². The molecule has 0 aromatic heterocycles. The summed E-state index contributed by atoms with van der Waals surface area (Å²) in [5.74, 6) is -0.253. The van der Waals surface area contributed by atoms with E-state index in [9.17, 15) is 4.79 Å². The van der Waals surface area contributed by atoms with Gasteiger partial charge < -0.3 is 9.47 Å². The van der Waals surface area contributed by atoms with Gasteiger partial charge in [-0.3, -0.25) is 0 Å². The summed E-state index contributed by atoms with van der Waals surface area (Å²) < 4.78 is 10.4. The van der Waals surface area contributed by atoms with E-state index in [1.54, 1.807) is 6.07 Å². The Morgan fingerprint density at radius 3 is 2.81 bits per heavy atom. The Morgan fingerprint density at radius 2 is 2.25 bits per heavy atom. The van der Waals surface area contributed by atoms with Gasteiger partial charge in [-0.15, -0.1) is 0 Å². The van der Waals surface area contributed by atoms with Crippen molar-refractivity contribution in [1.29, 1.82) is 0 Å². The van der Waals surface area contributed by atoms with Gasteiger partial charge in [-0.25, -0.2) is 4.79 Å². The lowest BCUT2D eigenvalue weighted by Gasteiger charge is -2.37. The van der Waals surface area contributed by atoms with Crippen molar-refractivity contribution >= 4 is 5.97 Å². The molecule has 0 spiro atoms. The molecule has 1 aromatic rings. The van der Waals surface area contributed by atoms with E-state index in [2.05, 4.69) is 6.92 Å². The molecule has 1 fully saturated rings. The first-order valence-electron chi connectivity index (χ1n) is 5.41. The quantitative estimate of drug-likeness (QED) is 0.732. The van der Waals surface area contributed by atoms with Gasteiger partial charge in [0.1, 0.15) is 6.61 Å². The number of aryl methyl sites for hydroxylation is 1. The lowest BCUT2D eigenvalue weighted by molar-refractivity contribution is -0.127. The third kappa shape index (κ3) is 2.42. The molecule has 3 nitrogen and oxygen atoms in total. The molecule has 0 atom stereocenters. The Morgan fingerprint density at radius 1 is 1.50 bits per heavy atom. The van der Waals surface area contributed by atoms with Gasteiger partial charge in [-0.05, 0) is 19.1 Å². The molecular formula is C13H16O3. The van der Waals surface area contributed by atoms with Crippen LogP contribution in [0.15, 0.2) is 24.3 Å². The lowest BCUT2D eigenvalue weighted by atomic mass is 9.90. The van der Waals surface area contributed by atoms with E-state index in [-0.39, 0.29) is 11.4 Å². The Balaban J connectivity index is 1.93. The van der Waals surface area contributed by atoms with E-state index in [0.29, 0.717) is 25.4 Å². The van der Waals surface area contributed by atoms with Crippen LogP contribution in [0.5, 0.6) is 0 Å². The highest BCUT2D eigenvalue weighted by atomic mass is 16.5. The number of hydrogen-bond donors (Lipinski definition) is 0. The standard InChI is InChI=1S/C13H16O3/c1-10-4-3-5-11(6-10)12(14)16-9-13(2)7-15-8-13/h3-6H,7-9H2,1-2H3. The first-order chi connectivity index (χ1) is 7.59. The first kappa shape index (κ1) is 11.1. The van der Waals surface area contributed by atoms with Gasteiger partial charge in [0.25, 0.3) is 0 Å². The molecule has 0 N–H and O–H groups in total. The molecule has 1 aromatic carbocycles. The summed E-state index contributed by atoms with van der Waals surface area (Å²) in [5, 5.41) is 0. The van der Waals surface area contributed by atoms with E-state index in [1.165, 1.54) is 0 Å². The molecule has 0 saturated carbocycles. The van der Waals surface area contributed by atoms with Crippen LogP contribution in [0.2, 0.25) is 0 Å². The van der Waals surface area contributed by atoms with E-state index in [0.717, 1.165) is 5.56 Å². The highest BCUT2D eigenvalue weighted by Gasteiger charge is 2.34. The van der Waals surface area contributed by atoms with Gasteiger partial charge in [0, 0.05) is 5.41 Å². The third-order valence-corrected chi connectivity index (χ3v) is 2.71. The zero-order chi connectivity index (χ0) is 11.6. The number of esters is 1. The van der Waals surface area contributed by atoms with Crippen LogP contribution in [0.4, 0.5) is 0 Å². The van der Waals surface area contributed by atoms with Crippen LogP contribution in [0, 0.1) is 12.3 Å². The molecule has 86 valence electrons. The van der Waals surface area contributed by atoms with Crippen LogP contribution in [0.1, 0.15) is 22.8 Å². The van der Waals surface area contributed by atoms with E-state index in [1.807, 2.05) is 25.1 Å². The van der Waals surface area contributed by atoms with Gasteiger partial charge in [0.05, 0.1) is 18.8 Å². The van der Waals surface area contributed by atoms with E-state index >= 15 is 0 Å². The summed E-state index contributed by atoms with van der Waals surface area (Å²) in [6.45, 7) is 5.79. The maximum absolute atomic E-state index is 11.7. The SMILES string of the molecule is Cc1cccc(C(=O)OCC2(C)COC2)c1. The summed E-state index contributed by atoms with van der Waals surface area (Å²) in [6, 6.07) is 7.43. The van der Waals surface area contributed by atoms with E-state index in [4.69, 9.17) is 9.47 Å².